The third-order valence-corrected chi connectivity index (χ3v) is 10.3. The lowest BCUT2D eigenvalue weighted by Gasteiger charge is -2.27. The van der Waals surface area contributed by atoms with E-state index in [1.54, 1.807) is 7.11 Å². The van der Waals surface area contributed by atoms with Crippen LogP contribution in [0.5, 0.6) is 11.5 Å². The van der Waals surface area contributed by atoms with Gasteiger partial charge < -0.3 is 14.4 Å². The van der Waals surface area contributed by atoms with Gasteiger partial charge in [-0.15, -0.1) is 0 Å². The Bertz CT molecular complexity index is 2000. The predicted octanol–water partition coefficient (Wildman–Crippen LogP) is 14.5. The average Bonchev–Trinajstić information content (AvgIpc) is 3.14. The number of methoxy groups -OCH3 is 1. The molecule has 0 fully saturated rings. The molecule has 0 bridgehead atoms. The Balaban J connectivity index is 1.41. The van der Waals surface area contributed by atoms with Crippen molar-refractivity contribution in [1.29, 1.82) is 0 Å². The maximum absolute atomic E-state index is 6.44. The zero-order valence-corrected chi connectivity index (χ0v) is 33.5. The Kier molecular flexibility index (Phi) is 13.8. The average molecular weight is 706 g/mol. The van der Waals surface area contributed by atoms with Gasteiger partial charge in [-0.25, -0.2) is 0 Å². The van der Waals surface area contributed by atoms with E-state index >= 15 is 0 Å². The second-order valence-electron chi connectivity index (χ2n) is 15.1. The molecule has 0 amide bonds. The number of rotatable bonds is 16. The summed E-state index contributed by atoms with van der Waals surface area (Å²) in [6.07, 6.45) is 13.4. The maximum Gasteiger partial charge on any atom is 0.127 e. The van der Waals surface area contributed by atoms with Gasteiger partial charge in [-0.1, -0.05) is 118 Å². The molecule has 276 valence electrons. The summed E-state index contributed by atoms with van der Waals surface area (Å²) in [7, 11) is 1.74. The van der Waals surface area contributed by atoms with Crippen LogP contribution in [0, 0.1) is 39.5 Å². The first kappa shape index (κ1) is 39.2. The molecule has 5 aromatic rings. The zero-order chi connectivity index (χ0) is 37.9. The highest BCUT2D eigenvalue weighted by Crippen LogP contribution is 2.38. The normalized spacial score (nSPS) is 12.2. The number of hydrogen-bond donors (Lipinski definition) is 0. The number of ether oxygens (including phenoxy) is 2. The van der Waals surface area contributed by atoms with E-state index in [0.29, 0.717) is 12.5 Å². The molecule has 3 heteroatoms. The fraction of sp³-hybridized carbons (Fsp3) is 0.320. The molecule has 0 radical (unpaired) electrons. The van der Waals surface area contributed by atoms with Crippen LogP contribution in [0.2, 0.25) is 0 Å². The van der Waals surface area contributed by atoms with Gasteiger partial charge in [0.2, 0.25) is 0 Å². The van der Waals surface area contributed by atoms with Gasteiger partial charge in [0.15, 0.2) is 0 Å². The molecule has 0 saturated heterocycles. The number of benzene rings is 5. The van der Waals surface area contributed by atoms with Gasteiger partial charge in [0, 0.05) is 28.2 Å². The molecule has 5 aromatic carbocycles. The van der Waals surface area contributed by atoms with Crippen LogP contribution in [0.4, 0.5) is 17.1 Å². The highest BCUT2D eigenvalue weighted by molar-refractivity contribution is 5.82. The van der Waals surface area contributed by atoms with Crippen LogP contribution in [0.15, 0.2) is 103 Å². The molecule has 0 aliphatic heterocycles. The zero-order valence-electron chi connectivity index (χ0n) is 33.5. The molecule has 1 atom stereocenters. The van der Waals surface area contributed by atoms with Crippen LogP contribution in [0.25, 0.3) is 29.4 Å². The van der Waals surface area contributed by atoms with E-state index in [9.17, 15) is 0 Å². The third-order valence-electron chi connectivity index (χ3n) is 10.3. The Morgan fingerprint density at radius 3 is 1.77 bits per heavy atom. The van der Waals surface area contributed by atoms with E-state index in [2.05, 4.69) is 175 Å². The second-order valence-corrected chi connectivity index (χ2v) is 15.1. The molecule has 0 aliphatic rings. The van der Waals surface area contributed by atoms with Crippen LogP contribution in [-0.2, 0) is 0 Å². The molecule has 0 spiro atoms. The summed E-state index contributed by atoms with van der Waals surface area (Å²) < 4.78 is 12.3. The highest BCUT2D eigenvalue weighted by Gasteiger charge is 2.15. The largest absolute Gasteiger partial charge is 0.496 e. The number of nitrogens with zero attached hydrogens (tertiary/aromatic N) is 1. The molecule has 0 N–H and O–H groups in total. The van der Waals surface area contributed by atoms with Crippen LogP contribution < -0.4 is 14.4 Å². The van der Waals surface area contributed by atoms with Gasteiger partial charge in [0.1, 0.15) is 11.5 Å². The Morgan fingerprint density at radius 1 is 0.566 bits per heavy atom. The summed E-state index contributed by atoms with van der Waals surface area (Å²) in [5.74, 6) is 3.13. The van der Waals surface area contributed by atoms with Crippen molar-refractivity contribution >= 4 is 35.3 Å². The van der Waals surface area contributed by atoms with E-state index < -0.39 is 0 Å². The van der Waals surface area contributed by atoms with Gasteiger partial charge in [-0.3, -0.25) is 0 Å². The fourth-order valence-electron chi connectivity index (χ4n) is 6.75. The maximum atomic E-state index is 6.44. The molecule has 53 heavy (non-hydrogen) atoms. The number of hydrogen-bond acceptors (Lipinski definition) is 3. The predicted molar refractivity (Wildman–Crippen MR) is 230 cm³/mol. The fourth-order valence-corrected chi connectivity index (χ4v) is 6.75. The minimum absolute atomic E-state index is 0.645. The molecule has 1 unspecified atom stereocenters. The summed E-state index contributed by atoms with van der Waals surface area (Å²) in [6, 6.07) is 35.3. The lowest BCUT2D eigenvalue weighted by atomic mass is 9.97. The van der Waals surface area contributed by atoms with E-state index in [1.165, 1.54) is 52.6 Å². The summed E-state index contributed by atoms with van der Waals surface area (Å²) in [6.45, 7) is 18.3. The van der Waals surface area contributed by atoms with Gasteiger partial charge >= 0.3 is 0 Å². The topological polar surface area (TPSA) is 21.7 Å². The SMILES string of the molecule is CC=Cc1cc(OC)c(C=Cc2ccc(N(c3ccc(-c4ccc(C)cc4)cc3)c3ccc(C)c(C)c3)cc2C)cc1OCCC(C)CCCC(C)C. The van der Waals surface area contributed by atoms with Crippen molar-refractivity contribution in [3.8, 4) is 22.6 Å². The summed E-state index contributed by atoms with van der Waals surface area (Å²) >= 11 is 0. The van der Waals surface area contributed by atoms with Crippen LogP contribution in [0.3, 0.4) is 0 Å². The van der Waals surface area contributed by atoms with E-state index in [4.69, 9.17) is 9.47 Å². The van der Waals surface area contributed by atoms with Crippen molar-refractivity contribution < 1.29 is 9.47 Å². The van der Waals surface area contributed by atoms with E-state index in [-0.39, 0.29) is 0 Å². The lowest BCUT2D eigenvalue weighted by molar-refractivity contribution is 0.275. The van der Waals surface area contributed by atoms with Crippen LogP contribution in [0.1, 0.15) is 92.3 Å². The van der Waals surface area contributed by atoms with Crippen LogP contribution >= 0.6 is 0 Å². The Morgan fingerprint density at radius 2 is 1.15 bits per heavy atom. The molecule has 3 nitrogen and oxygen atoms in total. The molecule has 0 aliphatic carbocycles. The van der Waals surface area contributed by atoms with Gasteiger partial charge in [0.05, 0.1) is 13.7 Å². The molecule has 0 saturated carbocycles. The summed E-state index contributed by atoms with van der Waals surface area (Å²) in [5, 5.41) is 0. The minimum atomic E-state index is 0.645. The van der Waals surface area contributed by atoms with Crippen molar-refractivity contribution in [2.45, 2.75) is 81.1 Å². The summed E-state index contributed by atoms with van der Waals surface area (Å²) in [4.78, 5) is 2.35. The third kappa shape index (κ3) is 10.5. The molecular formula is C50H59NO2. The van der Waals surface area contributed by atoms with Crippen molar-refractivity contribution in [2.24, 2.45) is 11.8 Å². The first-order valence-corrected chi connectivity index (χ1v) is 19.4. The Hall–Kier alpha value is -5.02. The number of allylic oxidation sites excluding steroid dienone is 1. The smallest absolute Gasteiger partial charge is 0.127 e. The standard InChI is InChI=1S/C50H59NO2/c1-10-12-44-33-49(52-9)45(34-50(44)53-30-29-36(4)14-11-13-35(2)3)21-20-41-22-28-48(32-40(41)8)51(47-25-17-38(6)39(7)31-47)46-26-23-43(24-27-46)42-18-15-37(5)16-19-42/h10,12,15-28,31-36H,11,13-14,29-30H2,1-9H3. The molecule has 0 heterocycles. The molecule has 5 rings (SSSR count). The monoisotopic (exact) mass is 705 g/mol. The summed E-state index contributed by atoms with van der Waals surface area (Å²) in [5.41, 5.74) is 14.0. The first-order valence-electron chi connectivity index (χ1n) is 19.4. The highest BCUT2D eigenvalue weighted by atomic mass is 16.5. The first-order chi connectivity index (χ1) is 25.6. The minimum Gasteiger partial charge on any atom is -0.496 e. The quantitative estimate of drug-likeness (QED) is 0.0954. The van der Waals surface area contributed by atoms with Crippen molar-refractivity contribution in [3.63, 3.8) is 0 Å². The molecule has 0 aromatic heterocycles. The molecular weight excluding hydrogens is 647 g/mol. The van der Waals surface area contributed by atoms with Gasteiger partial charge in [0.25, 0.3) is 0 Å². The second kappa shape index (κ2) is 18.6. The van der Waals surface area contributed by atoms with Crippen molar-refractivity contribution in [1.82, 2.24) is 0 Å². The van der Waals surface area contributed by atoms with E-state index in [0.717, 1.165) is 57.6 Å². The number of aryl methyl sites for hydroxylation is 4. The Labute approximate surface area is 320 Å². The number of anilines is 3. The lowest BCUT2D eigenvalue weighted by Crippen LogP contribution is -2.10. The van der Waals surface area contributed by atoms with Gasteiger partial charge in [-0.2, -0.15) is 0 Å². The van der Waals surface area contributed by atoms with Crippen molar-refractivity contribution in [3.05, 3.63) is 142 Å². The van der Waals surface area contributed by atoms with Crippen LogP contribution in [-0.4, -0.2) is 13.7 Å². The van der Waals surface area contributed by atoms with Gasteiger partial charge in [-0.05, 0) is 135 Å². The van der Waals surface area contributed by atoms with E-state index in [1.807, 2.05) is 6.92 Å². The van der Waals surface area contributed by atoms with Crippen molar-refractivity contribution in [2.75, 3.05) is 18.6 Å².